The molecule has 0 saturated heterocycles. The summed E-state index contributed by atoms with van der Waals surface area (Å²) >= 11 is 3.51. The summed E-state index contributed by atoms with van der Waals surface area (Å²) in [5.41, 5.74) is 0.558. The second-order valence-corrected chi connectivity index (χ2v) is 7.43. The van der Waals surface area contributed by atoms with Crippen molar-refractivity contribution in [3.05, 3.63) is 58.3 Å². The molecule has 1 aromatic carbocycles. The lowest BCUT2D eigenvalue weighted by molar-refractivity contribution is 0.0954. The average Bonchev–Trinajstić information content (AvgIpc) is 3.32. The fraction of sp³-hybridized carbons (Fsp3) is 0.211. The Kier molecular flexibility index (Phi) is 5.73. The summed E-state index contributed by atoms with van der Waals surface area (Å²) in [5.74, 6) is 1.05. The molecule has 3 rings (SSSR count). The number of carbonyl (C=O) groups is 1. The largest absolute Gasteiger partial charge is 0.493 e. The number of hydrogen-bond acceptors (Lipinski definition) is 5. The van der Waals surface area contributed by atoms with Crippen LogP contribution in [0.5, 0.6) is 11.5 Å². The van der Waals surface area contributed by atoms with Gasteiger partial charge in [0.05, 0.1) is 14.2 Å². The standard InChI is InChI=1S/C19H19NO3S2/c1-22-15-7-5-13(12-16(15)23-2)19(21)20-10-9-14-6-8-18(25-14)17-4-3-11-24-17/h3-8,11-12H,9-10H2,1-2H3,(H,20,21). The van der Waals surface area contributed by atoms with Gasteiger partial charge >= 0.3 is 0 Å². The molecule has 0 aliphatic heterocycles. The number of ether oxygens (including phenoxy) is 2. The molecule has 3 aromatic rings. The van der Waals surface area contributed by atoms with Crippen molar-refractivity contribution in [2.75, 3.05) is 20.8 Å². The predicted molar refractivity (Wildman–Crippen MR) is 103 cm³/mol. The molecule has 2 aromatic heterocycles. The van der Waals surface area contributed by atoms with Crippen LogP contribution in [0.1, 0.15) is 15.2 Å². The third-order valence-corrected chi connectivity index (χ3v) is 5.94. The first kappa shape index (κ1) is 17.5. The molecule has 0 unspecified atom stereocenters. The molecule has 0 spiro atoms. The maximum Gasteiger partial charge on any atom is 0.251 e. The molecule has 1 N–H and O–H groups in total. The van der Waals surface area contributed by atoms with Crippen LogP contribution in [0.4, 0.5) is 0 Å². The third kappa shape index (κ3) is 4.21. The maximum atomic E-state index is 12.3. The molecule has 0 aliphatic rings. The zero-order valence-electron chi connectivity index (χ0n) is 14.1. The Morgan fingerprint density at radius 2 is 1.88 bits per heavy atom. The molecule has 0 fully saturated rings. The average molecular weight is 373 g/mol. The number of benzene rings is 1. The van der Waals surface area contributed by atoms with E-state index in [1.165, 1.54) is 14.6 Å². The lowest BCUT2D eigenvalue weighted by Gasteiger charge is -2.09. The van der Waals surface area contributed by atoms with Crippen molar-refractivity contribution in [2.24, 2.45) is 0 Å². The summed E-state index contributed by atoms with van der Waals surface area (Å²) in [6, 6.07) is 13.6. The quantitative estimate of drug-likeness (QED) is 0.665. The highest BCUT2D eigenvalue weighted by Gasteiger charge is 2.11. The molecule has 0 aliphatic carbocycles. The molecule has 2 heterocycles. The molecular formula is C19H19NO3S2. The summed E-state index contributed by atoms with van der Waals surface area (Å²) in [6.45, 7) is 0.595. The first-order chi connectivity index (χ1) is 12.2. The SMILES string of the molecule is COc1ccc(C(=O)NCCc2ccc(-c3cccs3)s2)cc1OC. The summed E-state index contributed by atoms with van der Waals surface area (Å²) in [7, 11) is 3.13. The summed E-state index contributed by atoms with van der Waals surface area (Å²) in [6.07, 6.45) is 0.815. The summed E-state index contributed by atoms with van der Waals surface area (Å²) in [4.78, 5) is 16.1. The zero-order valence-corrected chi connectivity index (χ0v) is 15.7. The second-order valence-electron chi connectivity index (χ2n) is 5.32. The van der Waals surface area contributed by atoms with Crippen molar-refractivity contribution < 1.29 is 14.3 Å². The molecule has 4 nitrogen and oxygen atoms in total. The van der Waals surface area contributed by atoms with Crippen molar-refractivity contribution in [2.45, 2.75) is 6.42 Å². The third-order valence-electron chi connectivity index (χ3n) is 3.73. The lowest BCUT2D eigenvalue weighted by Crippen LogP contribution is -2.25. The van der Waals surface area contributed by atoms with Gasteiger partial charge in [-0.2, -0.15) is 0 Å². The van der Waals surface area contributed by atoms with Crippen LogP contribution < -0.4 is 14.8 Å². The van der Waals surface area contributed by atoms with E-state index in [2.05, 4.69) is 35.0 Å². The number of methoxy groups -OCH3 is 2. The van der Waals surface area contributed by atoms with Gasteiger partial charge in [-0.25, -0.2) is 0 Å². The Bertz CT molecular complexity index is 840. The molecule has 0 bridgehead atoms. The van der Waals surface area contributed by atoms with Crippen molar-refractivity contribution in [1.29, 1.82) is 0 Å². The van der Waals surface area contributed by atoms with Gasteiger partial charge in [0.15, 0.2) is 11.5 Å². The van der Waals surface area contributed by atoms with E-state index in [0.29, 0.717) is 23.6 Å². The van der Waals surface area contributed by atoms with E-state index in [1.807, 2.05) is 0 Å². The van der Waals surface area contributed by atoms with Crippen LogP contribution >= 0.6 is 22.7 Å². The maximum absolute atomic E-state index is 12.3. The van der Waals surface area contributed by atoms with E-state index in [-0.39, 0.29) is 5.91 Å². The van der Waals surface area contributed by atoms with Gasteiger partial charge in [-0.1, -0.05) is 6.07 Å². The molecule has 6 heteroatoms. The van der Waals surface area contributed by atoms with Crippen LogP contribution in [0.3, 0.4) is 0 Å². The van der Waals surface area contributed by atoms with Gasteiger partial charge in [-0.05, 0) is 48.2 Å². The van der Waals surface area contributed by atoms with E-state index in [9.17, 15) is 4.79 Å². The van der Waals surface area contributed by atoms with Crippen LogP contribution in [0.2, 0.25) is 0 Å². The number of amides is 1. The Labute approximate surface area is 155 Å². The highest BCUT2D eigenvalue weighted by Crippen LogP contribution is 2.31. The Morgan fingerprint density at radius 3 is 2.60 bits per heavy atom. The Balaban J connectivity index is 1.56. The van der Waals surface area contributed by atoms with E-state index in [0.717, 1.165) is 6.42 Å². The molecule has 25 heavy (non-hydrogen) atoms. The fourth-order valence-corrected chi connectivity index (χ4v) is 4.28. The van der Waals surface area contributed by atoms with Crippen LogP contribution in [-0.2, 0) is 6.42 Å². The number of nitrogens with one attached hydrogen (secondary N) is 1. The summed E-state index contributed by atoms with van der Waals surface area (Å²) in [5, 5.41) is 5.04. The Morgan fingerprint density at radius 1 is 1.04 bits per heavy atom. The van der Waals surface area contributed by atoms with Crippen molar-refractivity contribution in [1.82, 2.24) is 5.32 Å². The molecular weight excluding hydrogens is 354 g/mol. The highest BCUT2D eigenvalue weighted by molar-refractivity contribution is 7.21. The van der Waals surface area contributed by atoms with Gasteiger partial charge < -0.3 is 14.8 Å². The van der Waals surface area contributed by atoms with Crippen LogP contribution in [0, 0.1) is 0 Å². The number of rotatable bonds is 7. The number of carbonyl (C=O) groups excluding carboxylic acids is 1. The fourth-order valence-electron chi connectivity index (χ4n) is 2.44. The van der Waals surface area contributed by atoms with Gasteiger partial charge in [0.25, 0.3) is 5.91 Å². The van der Waals surface area contributed by atoms with Crippen molar-refractivity contribution in [3.63, 3.8) is 0 Å². The smallest absolute Gasteiger partial charge is 0.251 e. The minimum atomic E-state index is -0.115. The first-order valence-corrected chi connectivity index (χ1v) is 9.53. The molecule has 1 amide bonds. The molecule has 130 valence electrons. The molecule has 0 atom stereocenters. The minimum absolute atomic E-state index is 0.115. The van der Waals surface area contributed by atoms with E-state index >= 15 is 0 Å². The minimum Gasteiger partial charge on any atom is -0.493 e. The van der Waals surface area contributed by atoms with Gasteiger partial charge in [0.1, 0.15) is 0 Å². The predicted octanol–water partition coefficient (Wildman–Crippen LogP) is 4.47. The molecule has 0 radical (unpaired) electrons. The first-order valence-electron chi connectivity index (χ1n) is 7.84. The monoisotopic (exact) mass is 373 g/mol. The van der Waals surface area contributed by atoms with Gasteiger partial charge in [-0.3, -0.25) is 4.79 Å². The topological polar surface area (TPSA) is 47.6 Å². The van der Waals surface area contributed by atoms with Crippen LogP contribution in [0.25, 0.3) is 9.75 Å². The highest BCUT2D eigenvalue weighted by atomic mass is 32.1. The van der Waals surface area contributed by atoms with Gasteiger partial charge in [0.2, 0.25) is 0 Å². The van der Waals surface area contributed by atoms with Crippen LogP contribution in [-0.4, -0.2) is 26.7 Å². The van der Waals surface area contributed by atoms with Crippen molar-refractivity contribution >= 4 is 28.6 Å². The number of hydrogen-bond donors (Lipinski definition) is 1. The van der Waals surface area contributed by atoms with E-state index in [4.69, 9.17) is 9.47 Å². The Hall–Kier alpha value is -2.31. The van der Waals surface area contributed by atoms with Crippen LogP contribution in [0.15, 0.2) is 47.8 Å². The van der Waals surface area contributed by atoms with Gasteiger partial charge in [0, 0.05) is 26.7 Å². The van der Waals surface area contributed by atoms with E-state index < -0.39 is 0 Å². The number of thiophene rings is 2. The normalized spacial score (nSPS) is 10.5. The van der Waals surface area contributed by atoms with Crippen molar-refractivity contribution in [3.8, 4) is 21.3 Å². The lowest BCUT2D eigenvalue weighted by atomic mass is 10.2. The molecule has 0 saturated carbocycles. The van der Waals surface area contributed by atoms with Gasteiger partial charge in [-0.15, -0.1) is 22.7 Å². The zero-order chi connectivity index (χ0) is 17.6. The summed E-state index contributed by atoms with van der Waals surface area (Å²) < 4.78 is 10.4. The second kappa shape index (κ2) is 8.18. The van der Waals surface area contributed by atoms with E-state index in [1.54, 1.807) is 55.1 Å².